The number of unbranched alkanes of at least 4 members (excludes halogenated alkanes) is 3. The maximum absolute atomic E-state index is 9.78. The summed E-state index contributed by atoms with van der Waals surface area (Å²) in [4.78, 5) is 0. The molecule has 0 amide bonds. The number of ether oxygens (including phenoxy) is 1. The van der Waals surface area contributed by atoms with Crippen molar-refractivity contribution in [3.05, 3.63) is 0 Å². The van der Waals surface area contributed by atoms with Crippen LogP contribution in [0.3, 0.4) is 0 Å². The van der Waals surface area contributed by atoms with Gasteiger partial charge in [0.2, 0.25) is 0 Å². The van der Waals surface area contributed by atoms with Gasteiger partial charge in [-0.3, -0.25) is 0 Å². The van der Waals surface area contributed by atoms with Gasteiger partial charge in [0.05, 0.1) is 12.7 Å². The first-order chi connectivity index (χ1) is 8.74. The molecule has 3 heteroatoms. The molecule has 0 radical (unpaired) electrons. The fraction of sp³-hybridized carbons (Fsp3) is 1.00. The molecule has 0 aromatic rings. The van der Waals surface area contributed by atoms with E-state index < -0.39 is 0 Å². The Labute approximate surface area is 113 Å². The highest BCUT2D eigenvalue weighted by Gasteiger charge is 2.08. The third-order valence-corrected chi connectivity index (χ3v) is 3.22. The molecule has 0 saturated carbocycles. The summed E-state index contributed by atoms with van der Waals surface area (Å²) in [6, 6.07) is 0.536. The van der Waals surface area contributed by atoms with Gasteiger partial charge in [-0.15, -0.1) is 0 Å². The first-order valence-corrected chi connectivity index (χ1v) is 7.73. The van der Waals surface area contributed by atoms with Crippen LogP contribution in [0.4, 0.5) is 0 Å². The van der Waals surface area contributed by atoms with Gasteiger partial charge in [-0.2, -0.15) is 0 Å². The lowest BCUT2D eigenvalue weighted by molar-refractivity contribution is 0.0339. The van der Waals surface area contributed by atoms with Crippen molar-refractivity contribution in [2.24, 2.45) is 0 Å². The van der Waals surface area contributed by atoms with Crippen LogP contribution >= 0.6 is 0 Å². The Balaban J connectivity index is 3.38. The van der Waals surface area contributed by atoms with Crippen molar-refractivity contribution < 1.29 is 9.84 Å². The van der Waals surface area contributed by atoms with Crippen molar-refractivity contribution in [1.29, 1.82) is 0 Å². The Morgan fingerprint density at radius 3 is 2.44 bits per heavy atom. The van der Waals surface area contributed by atoms with E-state index in [1.165, 1.54) is 32.1 Å². The molecule has 0 heterocycles. The third kappa shape index (κ3) is 11.0. The van der Waals surface area contributed by atoms with E-state index in [9.17, 15) is 5.11 Å². The van der Waals surface area contributed by atoms with Gasteiger partial charge in [0.15, 0.2) is 0 Å². The number of nitrogens with one attached hydrogen (secondary N) is 1. The molecule has 0 aliphatic heterocycles. The molecule has 2 unspecified atom stereocenters. The lowest BCUT2D eigenvalue weighted by Gasteiger charge is -2.19. The van der Waals surface area contributed by atoms with Gasteiger partial charge < -0.3 is 15.2 Å². The first kappa shape index (κ1) is 17.9. The highest BCUT2D eigenvalue weighted by molar-refractivity contribution is 4.67. The average molecular weight is 259 g/mol. The first-order valence-electron chi connectivity index (χ1n) is 7.73. The van der Waals surface area contributed by atoms with Crippen molar-refractivity contribution in [2.75, 3.05) is 19.8 Å². The molecule has 0 aromatic carbocycles. The summed E-state index contributed by atoms with van der Waals surface area (Å²) in [5, 5.41) is 13.2. The second-order valence-electron chi connectivity index (χ2n) is 5.09. The van der Waals surface area contributed by atoms with Crippen molar-refractivity contribution in [1.82, 2.24) is 5.32 Å². The molecule has 0 spiro atoms. The van der Waals surface area contributed by atoms with E-state index in [2.05, 4.69) is 26.1 Å². The number of aliphatic hydroxyl groups is 1. The molecule has 3 nitrogen and oxygen atoms in total. The van der Waals surface area contributed by atoms with E-state index in [1.807, 2.05) is 0 Å². The summed E-state index contributed by atoms with van der Waals surface area (Å²) in [5.74, 6) is 0. The smallest absolute Gasteiger partial charge is 0.0897 e. The average Bonchev–Trinajstić information content (AvgIpc) is 2.38. The lowest BCUT2D eigenvalue weighted by Crippen LogP contribution is -2.37. The molecule has 18 heavy (non-hydrogen) atoms. The van der Waals surface area contributed by atoms with Crippen LogP contribution < -0.4 is 5.32 Å². The molecule has 0 saturated heterocycles. The lowest BCUT2D eigenvalue weighted by atomic mass is 10.1. The number of rotatable bonds is 13. The van der Waals surface area contributed by atoms with E-state index in [1.54, 1.807) is 0 Å². The maximum atomic E-state index is 9.78. The number of aliphatic hydroxyl groups excluding tert-OH is 1. The maximum Gasteiger partial charge on any atom is 0.0897 e. The van der Waals surface area contributed by atoms with Gasteiger partial charge in [0.25, 0.3) is 0 Å². The summed E-state index contributed by atoms with van der Waals surface area (Å²) in [6.07, 6.45) is 8.00. The molecule has 2 N–H and O–H groups in total. The summed E-state index contributed by atoms with van der Waals surface area (Å²) in [6.45, 7) is 8.47. The Morgan fingerprint density at radius 1 is 1.06 bits per heavy atom. The Hall–Kier alpha value is -0.120. The standard InChI is InChI=1S/C15H33NO2/c1-4-7-8-9-11-18-13-15(17)12-16-14(6-3)10-5-2/h14-17H,4-13H2,1-3H3. The van der Waals surface area contributed by atoms with Gasteiger partial charge in [-0.05, 0) is 19.3 Å². The molecule has 0 aliphatic carbocycles. The minimum absolute atomic E-state index is 0.373. The Bertz CT molecular complexity index is 165. The second-order valence-corrected chi connectivity index (χ2v) is 5.09. The topological polar surface area (TPSA) is 41.5 Å². The molecule has 0 bridgehead atoms. The highest BCUT2D eigenvalue weighted by atomic mass is 16.5. The van der Waals surface area contributed by atoms with Crippen molar-refractivity contribution in [3.8, 4) is 0 Å². The highest BCUT2D eigenvalue weighted by Crippen LogP contribution is 2.01. The van der Waals surface area contributed by atoms with Crippen LogP contribution in [0.1, 0.15) is 65.7 Å². The Kier molecular flexibility index (Phi) is 13.2. The van der Waals surface area contributed by atoms with Crippen molar-refractivity contribution >= 4 is 0 Å². The fourth-order valence-corrected chi connectivity index (χ4v) is 2.01. The summed E-state index contributed by atoms with van der Waals surface area (Å²) >= 11 is 0. The van der Waals surface area contributed by atoms with E-state index >= 15 is 0 Å². The van der Waals surface area contributed by atoms with Gasteiger partial charge in [0.1, 0.15) is 0 Å². The molecule has 2 atom stereocenters. The molecule has 0 aromatic heterocycles. The van der Waals surface area contributed by atoms with E-state index in [0.717, 1.165) is 19.4 Å². The second kappa shape index (κ2) is 13.3. The number of hydrogen-bond acceptors (Lipinski definition) is 3. The summed E-state index contributed by atoms with van der Waals surface area (Å²) in [7, 11) is 0. The van der Waals surface area contributed by atoms with Crippen LogP contribution in [-0.4, -0.2) is 37.0 Å². The van der Waals surface area contributed by atoms with Crippen molar-refractivity contribution in [2.45, 2.75) is 77.9 Å². The van der Waals surface area contributed by atoms with E-state index in [4.69, 9.17) is 4.74 Å². The van der Waals surface area contributed by atoms with Crippen LogP contribution in [0, 0.1) is 0 Å². The predicted octanol–water partition coefficient (Wildman–Crippen LogP) is 3.11. The summed E-state index contributed by atoms with van der Waals surface area (Å²) in [5.41, 5.74) is 0. The zero-order valence-electron chi connectivity index (χ0n) is 12.6. The van der Waals surface area contributed by atoms with Crippen LogP contribution in [0.15, 0.2) is 0 Å². The van der Waals surface area contributed by atoms with Crippen molar-refractivity contribution in [3.63, 3.8) is 0 Å². The van der Waals surface area contributed by atoms with Gasteiger partial charge >= 0.3 is 0 Å². The summed E-state index contributed by atoms with van der Waals surface area (Å²) < 4.78 is 5.48. The zero-order chi connectivity index (χ0) is 13.6. The van der Waals surface area contributed by atoms with E-state index in [0.29, 0.717) is 19.2 Å². The molecular formula is C15H33NO2. The molecule has 0 aliphatic rings. The molecule has 0 rings (SSSR count). The van der Waals surface area contributed by atoms with Gasteiger partial charge in [0, 0.05) is 19.2 Å². The quantitative estimate of drug-likeness (QED) is 0.499. The largest absolute Gasteiger partial charge is 0.389 e. The minimum atomic E-state index is -0.373. The van der Waals surface area contributed by atoms with Crippen LogP contribution in [0.5, 0.6) is 0 Å². The third-order valence-electron chi connectivity index (χ3n) is 3.22. The number of hydrogen-bond donors (Lipinski definition) is 2. The van der Waals surface area contributed by atoms with E-state index in [-0.39, 0.29) is 6.10 Å². The fourth-order valence-electron chi connectivity index (χ4n) is 2.01. The molecule has 110 valence electrons. The monoisotopic (exact) mass is 259 g/mol. The normalized spacial score (nSPS) is 14.7. The van der Waals surface area contributed by atoms with Gasteiger partial charge in [-0.25, -0.2) is 0 Å². The van der Waals surface area contributed by atoms with Crippen LogP contribution in [0.25, 0.3) is 0 Å². The zero-order valence-corrected chi connectivity index (χ0v) is 12.6. The molecular weight excluding hydrogens is 226 g/mol. The Morgan fingerprint density at radius 2 is 1.83 bits per heavy atom. The minimum Gasteiger partial charge on any atom is -0.389 e. The van der Waals surface area contributed by atoms with Gasteiger partial charge in [-0.1, -0.05) is 46.5 Å². The van der Waals surface area contributed by atoms with Crippen LogP contribution in [-0.2, 0) is 4.74 Å². The van der Waals surface area contributed by atoms with Crippen LogP contribution in [0.2, 0.25) is 0 Å². The predicted molar refractivity (Wildman–Crippen MR) is 78.0 cm³/mol. The SMILES string of the molecule is CCCCCCOCC(O)CNC(CC)CCC. The molecule has 0 fully saturated rings.